The van der Waals surface area contributed by atoms with Crippen molar-refractivity contribution in [1.82, 2.24) is 0 Å². The molecule has 698 valence electrons. The van der Waals surface area contributed by atoms with Gasteiger partial charge in [0.05, 0.1) is 28.3 Å². The van der Waals surface area contributed by atoms with E-state index in [1.807, 2.05) is 27.7 Å². The molecule has 0 aliphatic heterocycles. The average Bonchev–Trinajstić information content (AvgIpc) is 0.793. The van der Waals surface area contributed by atoms with Gasteiger partial charge in [0, 0.05) is 13.6 Å². The summed E-state index contributed by atoms with van der Waals surface area (Å²) in [4.78, 5) is 55.9. The highest BCUT2D eigenvalue weighted by molar-refractivity contribution is 6.76. The molecule has 0 aromatic heterocycles. The average molecular weight is 1740 g/mol. The monoisotopic (exact) mass is 1740 g/mol. The number of ether oxygens (including phenoxy) is 4. The van der Waals surface area contributed by atoms with Gasteiger partial charge in [-0.2, -0.15) is 39.5 Å². The Balaban J connectivity index is -0.000000304. The molecule has 3 aromatic rings. The number of benzene rings is 3. The van der Waals surface area contributed by atoms with E-state index in [-0.39, 0.29) is 28.6 Å². The maximum atomic E-state index is 13.1. The number of esters is 4. The van der Waals surface area contributed by atoms with Crippen molar-refractivity contribution in [2.24, 2.45) is 38.9 Å². The molecule has 119 heavy (non-hydrogen) atoms. The Hall–Kier alpha value is -5.75. The first-order valence-electron chi connectivity index (χ1n) is 42.4. The third-order valence-electron chi connectivity index (χ3n) is 21.4. The predicted octanol–water partition coefficient (Wildman–Crippen LogP) is 31.1. The van der Waals surface area contributed by atoms with E-state index in [2.05, 4.69) is 175 Å². The molecular formula is C94H160F14O10Si. The molecule has 8 unspecified atom stereocenters. The standard InChI is InChI=1S/C14H28O2.2C14H22.C10H9F5.C10H17F3O2.2C9H15F3O2.C8H20Si.C6H12O2/c1-6-9-10-12(7-2)11-16-13(15)14(4,5)8-3;2*1-6-11(2)12-7-9-13(10-8-12)14(3,4)5;1-3-4(2)5-6(11)8(13)10(15)9(14)7(5)12;1-6-9(5,10(11,12)13)7(14)15-8(2,3)4;2*1-5-8(3,4)7(13)14-6(2)9(10,11)12;1-6-8(2)7-9(3,4)5;1-4-6(2,3)5(7)8/h12H,6-11H2,1-5H3;2*7-11H,6H2,1-5H3;4H,3H2,1-2H3;6H2,1-5H3;2*6H,5H2,1-4H3;8H,6-7H2,1-5H3;4H2,1-3H3,(H,7,8). The first-order valence-corrected chi connectivity index (χ1v) is 46.1. The number of carboxylic acids is 1. The second-order valence-electron chi connectivity index (χ2n) is 38.1. The van der Waals surface area contributed by atoms with Crippen molar-refractivity contribution in [3.8, 4) is 0 Å². The number of alkyl halides is 9. The second-order valence-corrected chi connectivity index (χ2v) is 43.6. The molecule has 0 radical (unpaired) electrons. The predicted molar refractivity (Wildman–Crippen MR) is 462 cm³/mol. The van der Waals surface area contributed by atoms with Crippen LogP contribution in [0.1, 0.15) is 371 Å². The molecule has 3 rings (SSSR count). The van der Waals surface area contributed by atoms with E-state index in [4.69, 9.17) is 14.6 Å². The van der Waals surface area contributed by atoms with E-state index < -0.39 is 131 Å². The Kier molecular flexibility index (Phi) is 57.1. The minimum absolute atomic E-state index is 0.0510. The highest BCUT2D eigenvalue weighted by Gasteiger charge is 2.57. The van der Waals surface area contributed by atoms with Gasteiger partial charge in [0.15, 0.2) is 40.9 Å². The summed E-state index contributed by atoms with van der Waals surface area (Å²) in [7, 11) is -0.741. The third kappa shape index (κ3) is 50.0. The number of halogens is 14. The molecule has 0 heterocycles. The molecule has 8 atom stereocenters. The van der Waals surface area contributed by atoms with Crippen LogP contribution in [0.3, 0.4) is 0 Å². The van der Waals surface area contributed by atoms with Gasteiger partial charge in [-0.25, -0.2) is 22.0 Å². The number of aliphatic carboxylic acids is 1. The minimum Gasteiger partial charge on any atom is -0.481 e. The summed E-state index contributed by atoms with van der Waals surface area (Å²) >= 11 is 0. The van der Waals surface area contributed by atoms with Gasteiger partial charge in [0.2, 0.25) is 5.82 Å². The lowest BCUT2D eigenvalue weighted by Crippen LogP contribution is -2.45. The van der Waals surface area contributed by atoms with Crippen LogP contribution in [-0.2, 0) is 53.8 Å². The van der Waals surface area contributed by atoms with Gasteiger partial charge in [-0.05, 0) is 217 Å². The lowest BCUT2D eigenvalue weighted by atomic mass is 9.85. The van der Waals surface area contributed by atoms with E-state index in [1.54, 1.807) is 62.3 Å². The summed E-state index contributed by atoms with van der Waals surface area (Å²) in [6.07, 6.45) is -6.78. The second kappa shape index (κ2) is 54.8. The van der Waals surface area contributed by atoms with Gasteiger partial charge in [-0.15, -0.1) is 0 Å². The van der Waals surface area contributed by atoms with Crippen molar-refractivity contribution in [1.29, 1.82) is 0 Å². The van der Waals surface area contributed by atoms with Gasteiger partial charge in [-0.1, -0.05) is 245 Å². The lowest BCUT2D eigenvalue weighted by molar-refractivity contribution is -0.236. The highest BCUT2D eigenvalue weighted by atomic mass is 28.3. The normalized spacial score (nSPS) is 14.4. The first kappa shape index (κ1) is 124. The van der Waals surface area contributed by atoms with Crippen LogP contribution >= 0.6 is 0 Å². The van der Waals surface area contributed by atoms with Crippen LogP contribution in [0.5, 0.6) is 0 Å². The quantitative estimate of drug-likeness (QED) is 0.0196. The number of hydrogen-bond donors (Lipinski definition) is 1. The molecule has 0 bridgehead atoms. The fourth-order valence-corrected chi connectivity index (χ4v) is 11.4. The van der Waals surface area contributed by atoms with Crippen molar-refractivity contribution < 1.29 is 109 Å². The number of carbonyl (C=O) groups excluding carboxylic acids is 4. The van der Waals surface area contributed by atoms with Crippen LogP contribution in [0, 0.1) is 68.0 Å². The number of unbranched alkanes of at least 4 members (excludes halogenated alkanes) is 1. The Morgan fingerprint density at radius 3 is 0.924 bits per heavy atom. The first-order chi connectivity index (χ1) is 53.4. The molecule has 1 N–H and O–H groups in total. The molecule has 10 nitrogen and oxygen atoms in total. The Morgan fingerprint density at radius 2 is 0.714 bits per heavy atom. The van der Waals surface area contributed by atoms with Gasteiger partial charge in [0.25, 0.3) is 0 Å². The van der Waals surface area contributed by atoms with Crippen LogP contribution < -0.4 is 0 Å². The lowest BCUT2D eigenvalue weighted by Gasteiger charge is -2.32. The highest BCUT2D eigenvalue weighted by Crippen LogP contribution is 2.43. The summed E-state index contributed by atoms with van der Waals surface area (Å²) < 4.78 is 193. The van der Waals surface area contributed by atoms with E-state index in [9.17, 15) is 85.4 Å². The number of carbonyl (C=O) groups is 5. The fraction of sp³-hybridized carbons (Fsp3) is 0.755. The van der Waals surface area contributed by atoms with Crippen molar-refractivity contribution in [2.75, 3.05) is 6.61 Å². The smallest absolute Gasteiger partial charge is 0.425 e. The summed E-state index contributed by atoms with van der Waals surface area (Å²) in [5, 5.41) is 8.44. The zero-order chi connectivity index (χ0) is 95.8. The van der Waals surface area contributed by atoms with Crippen LogP contribution in [0.2, 0.25) is 25.7 Å². The maximum absolute atomic E-state index is 13.1. The van der Waals surface area contributed by atoms with Gasteiger partial charge >= 0.3 is 48.4 Å². The van der Waals surface area contributed by atoms with Crippen LogP contribution in [0.25, 0.3) is 0 Å². The summed E-state index contributed by atoms with van der Waals surface area (Å²) in [6, 6.07) is 19.6. The molecular weight excluding hydrogens is 1580 g/mol. The van der Waals surface area contributed by atoms with E-state index in [0.717, 1.165) is 39.5 Å². The number of carboxylic acid groups (broad SMARTS) is 1. The Bertz CT molecular complexity index is 3200. The van der Waals surface area contributed by atoms with Gasteiger partial charge < -0.3 is 24.1 Å². The molecule has 0 saturated heterocycles. The topological polar surface area (TPSA) is 143 Å². The van der Waals surface area contributed by atoms with Crippen LogP contribution in [0.15, 0.2) is 48.5 Å². The molecule has 25 heteroatoms. The van der Waals surface area contributed by atoms with Gasteiger partial charge in [-0.3, -0.25) is 24.0 Å². The van der Waals surface area contributed by atoms with Crippen molar-refractivity contribution in [3.05, 3.63) is 105 Å². The Labute approximate surface area is 711 Å². The number of hydrogen-bond acceptors (Lipinski definition) is 9. The summed E-state index contributed by atoms with van der Waals surface area (Å²) in [5.41, 5.74) is -0.354. The Morgan fingerprint density at radius 1 is 0.403 bits per heavy atom. The van der Waals surface area contributed by atoms with Crippen LogP contribution in [-0.4, -0.2) is 86.0 Å². The zero-order valence-electron chi connectivity index (χ0n) is 80.2. The molecule has 0 aliphatic carbocycles. The van der Waals surface area contributed by atoms with E-state index >= 15 is 0 Å². The van der Waals surface area contributed by atoms with E-state index in [0.29, 0.717) is 50.0 Å². The molecule has 0 amide bonds. The number of rotatable bonds is 27. The van der Waals surface area contributed by atoms with Crippen molar-refractivity contribution in [3.63, 3.8) is 0 Å². The summed E-state index contributed by atoms with van der Waals surface area (Å²) in [6.45, 7) is 71.8. The zero-order valence-corrected chi connectivity index (χ0v) is 81.2. The maximum Gasteiger partial charge on any atom is 0.425 e. The molecule has 0 aliphatic rings. The molecule has 3 aromatic carbocycles. The molecule has 0 fully saturated rings. The van der Waals surface area contributed by atoms with E-state index in [1.165, 1.54) is 101 Å². The fourth-order valence-electron chi connectivity index (χ4n) is 9.04. The largest absolute Gasteiger partial charge is 0.481 e. The third-order valence-corrected chi connectivity index (χ3v) is 23.3. The van der Waals surface area contributed by atoms with Crippen molar-refractivity contribution in [2.45, 2.75) is 416 Å². The summed E-state index contributed by atoms with van der Waals surface area (Å²) in [5.74, 6) is -10.8. The SMILES string of the molecule is CCC(C)(C(=O)OC(C)(C)C)C(F)(F)F.CCC(C)(C)C(=O)O.CCC(C)(C)C(=O)OC(C)C(F)(F)F.CCC(C)(C)C(=O)OC(C)C(F)(F)F.CCC(C)C[Si](C)(C)C.CCC(C)c1c(F)c(F)c(F)c(F)c1F.CCC(C)c1ccc(C(C)(C)C)cc1.CCC(C)c1ccc(C(C)(C)C)cc1.CCCCC(CC)COC(=O)C(C)(C)CC. The minimum atomic E-state index is -4.58. The van der Waals surface area contributed by atoms with Gasteiger partial charge in [0.1, 0.15) is 5.60 Å². The van der Waals surface area contributed by atoms with Crippen LogP contribution in [0.4, 0.5) is 61.5 Å². The van der Waals surface area contributed by atoms with Crippen molar-refractivity contribution >= 4 is 37.9 Å². The molecule has 0 saturated carbocycles. The molecule has 0 spiro atoms.